The van der Waals surface area contributed by atoms with E-state index >= 15 is 0 Å². The molecule has 1 fully saturated rings. The zero-order valence-corrected chi connectivity index (χ0v) is 19.2. The number of piperazine rings is 1. The van der Waals surface area contributed by atoms with Gasteiger partial charge in [0.15, 0.2) is 0 Å². The predicted molar refractivity (Wildman–Crippen MR) is 120 cm³/mol. The van der Waals surface area contributed by atoms with E-state index in [1.165, 1.54) is 27.8 Å². The summed E-state index contributed by atoms with van der Waals surface area (Å²) in [7, 11) is -1.56. The quantitative estimate of drug-likeness (QED) is 0.656. The van der Waals surface area contributed by atoms with Crippen molar-refractivity contribution >= 4 is 33.4 Å². The fourth-order valence-electron chi connectivity index (χ4n) is 3.07. The number of anilines is 1. The van der Waals surface area contributed by atoms with Crippen LogP contribution in [0.15, 0.2) is 52.5 Å². The average molecular weight is 449 g/mol. The number of aromatic nitrogens is 1. The van der Waals surface area contributed by atoms with Crippen LogP contribution in [-0.2, 0) is 21.2 Å². The van der Waals surface area contributed by atoms with E-state index in [1.807, 2.05) is 31.3 Å². The van der Waals surface area contributed by atoms with Crippen molar-refractivity contribution in [2.75, 3.05) is 38.5 Å². The first-order valence-corrected chi connectivity index (χ1v) is 12.3. The molecule has 0 aliphatic carbocycles. The Morgan fingerprint density at radius 1 is 1.13 bits per heavy atom. The highest BCUT2D eigenvalue weighted by molar-refractivity contribution is 8.00. The summed E-state index contributed by atoms with van der Waals surface area (Å²) in [6, 6.07) is 11.0. The Morgan fingerprint density at radius 3 is 2.37 bits per heavy atom. The Morgan fingerprint density at radius 2 is 1.80 bits per heavy atom. The molecule has 1 aromatic carbocycles. The maximum absolute atomic E-state index is 12.8. The van der Waals surface area contributed by atoms with E-state index in [0.717, 1.165) is 12.1 Å². The largest absolute Gasteiger partial charge is 0.325 e. The lowest BCUT2D eigenvalue weighted by molar-refractivity contribution is -0.115. The number of likely N-dealkylation sites (N-methyl/N-ethyl adjacent to an activating group) is 1. The molecule has 1 saturated heterocycles. The van der Waals surface area contributed by atoms with Crippen molar-refractivity contribution in [3.63, 3.8) is 0 Å². The molecule has 30 heavy (non-hydrogen) atoms. The van der Waals surface area contributed by atoms with Crippen LogP contribution in [0.2, 0.25) is 0 Å². The van der Waals surface area contributed by atoms with Crippen LogP contribution in [0, 0.1) is 0 Å². The van der Waals surface area contributed by atoms with Gasteiger partial charge in [0.1, 0.15) is 4.90 Å². The molecule has 7 nitrogen and oxygen atoms in total. The summed E-state index contributed by atoms with van der Waals surface area (Å²) in [6.07, 6.45) is 2.33. The van der Waals surface area contributed by atoms with Gasteiger partial charge in [-0.05, 0) is 50.2 Å². The maximum Gasteiger partial charge on any atom is 0.244 e. The number of benzene rings is 1. The van der Waals surface area contributed by atoms with Crippen molar-refractivity contribution in [3.8, 4) is 0 Å². The summed E-state index contributed by atoms with van der Waals surface area (Å²) in [5.74, 6) is -0.125. The van der Waals surface area contributed by atoms with Crippen molar-refractivity contribution in [1.82, 2.24) is 14.2 Å². The van der Waals surface area contributed by atoms with E-state index in [-0.39, 0.29) is 16.1 Å². The molecule has 0 radical (unpaired) electrons. The van der Waals surface area contributed by atoms with Gasteiger partial charge in [-0.1, -0.05) is 30.8 Å². The van der Waals surface area contributed by atoms with E-state index in [4.69, 9.17) is 0 Å². The third-order valence-electron chi connectivity index (χ3n) is 5.11. The number of carbonyl (C=O) groups excluding carboxylic acids is 1. The lowest BCUT2D eigenvalue weighted by Crippen LogP contribution is -2.47. The Bertz CT molecular complexity index is 955. The molecule has 0 spiro atoms. The molecule has 1 atom stereocenters. The molecule has 1 aliphatic rings. The second-order valence-corrected chi connectivity index (χ2v) is 10.6. The molecule has 1 N–H and O–H groups in total. The highest BCUT2D eigenvalue weighted by Crippen LogP contribution is 2.24. The Hall–Kier alpha value is -1.94. The number of nitrogens with zero attached hydrogens (tertiary/aromatic N) is 3. The minimum atomic E-state index is -3.54. The summed E-state index contributed by atoms with van der Waals surface area (Å²) in [4.78, 5) is 19.0. The molecule has 2 heterocycles. The van der Waals surface area contributed by atoms with Crippen molar-refractivity contribution in [2.24, 2.45) is 0 Å². The van der Waals surface area contributed by atoms with Crippen LogP contribution in [0.4, 0.5) is 5.69 Å². The zero-order valence-electron chi connectivity index (χ0n) is 17.5. The summed E-state index contributed by atoms with van der Waals surface area (Å²) in [5.41, 5.74) is 1.97. The minimum absolute atomic E-state index is 0.125. The highest BCUT2D eigenvalue weighted by Gasteiger charge is 2.27. The lowest BCUT2D eigenvalue weighted by atomic mass is 10.1. The van der Waals surface area contributed by atoms with Crippen molar-refractivity contribution in [2.45, 2.75) is 35.4 Å². The topological polar surface area (TPSA) is 82.6 Å². The molecule has 162 valence electrons. The first kappa shape index (κ1) is 22.7. The minimum Gasteiger partial charge on any atom is -0.325 e. The Balaban J connectivity index is 1.59. The van der Waals surface area contributed by atoms with Gasteiger partial charge in [0.25, 0.3) is 0 Å². The molecule has 1 aliphatic heterocycles. The molecular weight excluding hydrogens is 420 g/mol. The molecule has 1 amide bonds. The average Bonchev–Trinajstić information content (AvgIpc) is 2.75. The van der Waals surface area contributed by atoms with Gasteiger partial charge in [-0.15, -0.1) is 0 Å². The van der Waals surface area contributed by atoms with Crippen LogP contribution in [-0.4, -0.2) is 67.0 Å². The SMILES string of the molecule is CCc1ccc(NC(=O)[C@H](C)Sc2ccc(S(=O)(=O)N3CCN(C)CC3)cn2)cc1. The van der Waals surface area contributed by atoms with Crippen molar-refractivity contribution in [3.05, 3.63) is 48.2 Å². The van der Waals surface area contributed by atoms with Crippen molar-refractivity contribution < 1.29 is 13.2 Å². The number of pyridine rings is 1. The van der Waals surface area contributed by atoms with E-state index < -0.39 is 10.0 Å². The molecule has 0 bridgehead atoms. The van der Waals surface area contributed by atoms with Crippen LogP contribution in [0.3, 0.4) is 0 Å². The fourth-order valence-corrected chi connectivity index (χ4v) is 5.23. The number of aryl methyl sites for hydroxylation is 1. The normalized spacial score (nSPS) is 16.9. The second-order valence-electron chi connectivity index (χ2n) is 7.34. The van der Waals surface area contributed by atoms with Crippen LogP contribution in [0.25, 0.3) is 0 Å². The fraction of sp³-hybridized carbons (Fsp3) is 0.429. The molecule has 9 heteroatoms. The number of rotatable bonds is 7. The molecule has 1 aromatic heterocycles. The van der Waals surface area contributed by atoms with Crippen molar-refractivity contribution in [1.29, 1.82) is 0 Å². The predicted octanol–water partition coefficient (Wildman–Crippen LogP) is 2.70. The van der Waals surface area contributed by atoms with Crippen LogP contribution >= 0.6 is 11.8 Å². The number of hydrogen-bond acceptors (Lipinski definition) is 6. The van der Waals surface area contributed by atoms with Gasteiger partial charge in [-0.2, -0.15) is 4.31 Å². The first-order valence-electron chi connectivity index (χ1n) is 10.0. The Kier molecular flexibility index (Phi) is 7.51. The van der Waals surface area contributed by atoms with Crippen LogP contribution < -0.4 is 5.32 Å². The van der Waals surface area contributed by atoms with Gasteiger partial charge < -0.3 is 10.2 Å². The summed E-state index contributed by atoms with van der Waals surface area (Å²) in [6.45, 7) is 6.28. The van der Waals surface area contributed by atoms with E-state index in [2.05, 4.69) is 22.1 Å². The molecule has 0 unspecified atom stereocenters. The number of thioether (sulfide) groups is 1. The van der Waals surface area contributed by atoms with Gasteiger partial charge in [0.05, 0.1) is 10.3 Å². The summed E-state index contributed by atoms with van der Waals surface area (Å²) < 4.78 is 27.1. The Labute approximate surface area is 182 Å². The van der Waals surface area contributed by atoms with Gasteiger partial charge in [-0.25, -0.2) is 13.4 Å². The van der Waals surface area contributed by atoms with E-state index in [1.54, 1.807) is 19.1 Å². The number of sulfonamides is 1. The summed E-state index contributed by atoms with van der Waals surface area (Å²) in [5, 5.41) is 3.14. The van der Waals surface area contributed by atoms with Gasteiger partial charge in [0.2, 0.25) is 15.9 Å². The highest BCUT2D eigenvalue weighted by atomic mass is 32.2. The first-order chi connectivity index (χ1) is 14.3. The maximum atomic E-state index is 12.8. The van der Waals surface area contributed by atoms with Crippen LogP contribution in [0.5, 0.6) is 0 Å². The summed E-state index contributed by atoms with van der Waals surface area (Å²) >= 11 is 1.30. The van der Waals surface area contributed by atoms with E-state index in [9.17, 15) is 13.2 Å². The number of carbonyl (C=O) groups is 1. The molecule has 3 rings (SSSR count). The monoisotopic (exact) mass is 448 g/mol. The number of amides is 1. The smallest absolute Gasteiger partial charge is 0.244 e. The number of hydrogen-bond donors (Lipinski definition) is 1. The standard InChI is InChI=1S/C21H28N4O3S2/c1-4-17-5-7-18(8-6-17)23-21(26)16(2)29-20-10-9-19(15-22-20)30(27,28)25-13-11-24(3)12-14-25/h5-10,15-16H,4,11-14H2,1-3H3,(H,23,26)/t16-/m0/s1. The van der Waals surface area contributed by atoms with Gasteiger partial charge in [0, 0.05) is 38.1 Å². The van der Waals surface area contributed by atoms with Gasteiger partial charge >= 0.3 is 0 Å². The molecule has 0 saturated carbocycles. The van der Waals surface area contributed by atoms with Gasteiger partial charge in [-0.3, -0.25) is 4.79 Å². The molecular formula is C21H28N4O3S2. The third kappa shape index (κ3) is 5.60. The number of nitrogens with one attached hydrogen (secondary N) is 1. The molecule has 2 aromatic rings. The zero-order chi connectivity index (χ0) is 21.7. The lowest BCUT2D eigenvalue weighted by Gasteiger charge is -2.31. The second kappa shape index (κ2) is 9.91. The van der Waals surface area contributed by atoms with E-state index in [0.29, 0.717) is 31.2 Å². The van der Waals surface area contributed by atoms with Crippen LogP contribution in [0.1, 0.15) is 19.4 Å². The third-order valence-corrected chi connectivity index (χ3v) is 8.04.